The average Bonchev–Trinajstić information content (AvgIpc) is 2.87. The molecule has 0 aliphatic heterocycles. The lowest BCUT2D eigenvalue weighted by Crippen LogP contribution is -2.27. The number of carbonyl (C=O) groups excluding carboxylic acids is 1. The van der Waals surface area contributed by atoms with E-state index in [0.717, 1.165) is 5.76 Å². The summed E-state index contributed by atoms with van der Waals surface area (Å²) in [5, 5.41) is 2.82. The summed E-state index contributed by atoms with van der Waals surface area (Å²) in [6.07, 6.45) is 0.152. The second-order valence-corrected chi connectivity index (χ2v) is 4.94. The molecule has 2 aromatic rings. The number of nitrogens with one attached hydrogen (secondary N) is 1. The number of carbonyl (C=O) groups is 1. The number of furan rings is 1. The zero-order chi connectivity index (χ0) is 16.1. The van der Waals surface area contributed by atoms with Crippen molar-refractivity contribution < 1.29 is 22.7 Å². The minimum Gasteiger partial charge on any atom is -0.464 e. The fourth-order valence-electron chi connectivity index (χ4n) is 2.02. The van der Waals surface area contributed by atoms with Crippen molar-refractivity contribution >= 4 is 5.91 Å². The highest BCUT2D eigenvalue weighted by atomic mass is 19.3. The van der Waals surface area contributed by atoms with Crippen molar-refractivity contribution in [1.29, 1.82) is 0 Å². The zero-order valence-electron chi connectivity index (χ0n) is 12.3. The van der Waals surface area contributed by atoms with Crippen LogP contribution in [0.4, 0.5) is 8.78 Å². The predicted octanol–water partition coefficient (Wildman–Crippen LogP) is 3.61. The number of benzene rings is 1. The monoisotopic (exact) mass is 309 g/mol. The van der Waals surface area contributed by atoms with Crippen LogP contribution in [0.3, 0.4) is 0 Å². The number of rotatable bonds is 6. The van der Waals surface area contributed by atoms with Crippen LogP contribution in [0, 0.1) is 6.92 Å². The summed E-state index contributed by atoms with van der Waals surface area (Å²) >= 11 is 0. The SMILES string of the molecule is Cc1ccc(C(C)NC(=O)Cc2ccc(OC(F)F)cc2)o1. The molecular weight excluding hydrogens is 292 g/mol. The molecule has 1 aromatic heterocycles. The Labute approximate surface area is 127 Å². The lowest BCUT2D eigenvalue weighted by atomic mass is 10.1. The molecule has 1 N–H and O–H groups in total. The van der Waals surface area contributed by atoms with Crippen molar-refractivity contribution in [2.75, 3.05) is 0 Å². The highest BCUT2D eigenvalue weighted by molar-refractivity contribution is 5.78. The molecule has 0 saturated carbocycles. The third-order valence-electron chi connectivity index (χ3n) is 3.08. The predicted molar refractivity (Wildman–Crippen MR) is 76.8 cm³/mol. The number of hydrogen-bond donors (Lipinski definition) is 1. The van der Waals surface area contributed by atoms with Gasteiger partial charge >= 0.3 is 6.61 Å². The Balaban J connectivity index is 1.88. The molecule has 118 valence electrons. The second-order valence-electron chi connectivity index (χ2n) is 4.94. The van der Waals surface area contributed by atoms with Crippen LogP contribution in [-0.2, 0) is 11.2 Å². The molecule has 6 heteroatoms. The Bertz CT molecular complexity index is 623. The Hall–Kier alpha value is -2.37. The van der Waals surface area contributed by atoms with Gasteiger partial charge in [-0.1, -0.05) is 12.1 Å². The third kappa shape index (κ3) is 4.58. The van der Waals surface area contributed by atoms with Crippen molar-refractivity contribution in [3.05, 3.63) is 53.5 Å². The van der Waals surface area contributed by atoms with Gasteiger partial charge < -0.3 is 14.5 Å². The third-order valence-corrected chi connectivity index (χ3v) is 3.08. The van der Waals surface area contributed by atoms with Crippen LogP contribution in [0.25, 0.3) is 0 Å². The maximum atomic E-state index is 12.0. The van der Waals surface area contributed by atoms with Gasteiger partial charge in [0.15, 0.2) is 0 Å². The van der Waals surface area contributed by atoms with Crippen LogP contribution in [0.15, 0.2) is 40.8 Å². The molecule has 1 amide bonds. The fraction of sp³-hybridized carbons (Fsp3) is 0.312. The molecule has 2 rings (SSSR count). The normalized spacial score (nSPS) is 12.2. The van der Waals surface area contributed by atoms with Gasteiger partial charge in [0.05, 0.1) is 12.5 Å². The topological polar surface area (TPSA) is 51.5 Å². The van der Waals surface area contributed by atoms with Gasteiger partial charge in [-0.05, 0) is 43.7 Å². The van der Waals surface area contributed by atoms with Crippen LogP contribution in [0.5, 0.6) is 5.75 Å². The van der Waals surface area contributed by atoms with Crippen molar-refractivity contribution in [3.8, 4) is 5.75 Å². The molecule has 22 heavy (non-hydrogen) atoms. The first kappa shape index (κ1) is 16.0. The highest BCUT2D eigenvalue weighted by Gasteiger charge is 2.13. The lowest BCUT2D eigenvalue weighted by molar-refractivity contribution is -0.121. The van der Waals surface area contributed by atoms with E-state index >= 15 is 0 Å². The Morgan fingerprint density at radius 1 is 1.23 bits per heavy atom. The van der Waals surface area contributed by atoms with E-state index in [-0.39, 0.29) is 24.1 Å². The summed E-state index contributed by atoms with van der Waals surface area (Å²) < 4.78 is 33.8. The molecule has 1 unspecified atom stereocenters. The maximum Gasteiger partial charge on any atom is 0.387 e. The van der Waals surface area contributed by atoms with E-state index in [1.165, 1.54) is 12.1 Å². The number of hydrogen-bond acceptors (Lipinski definition) is 3. The van der Waals surface area contributed by atoms with Gasteiger partial charge in [0.2, 0.25) is 5.91 Å². The summed E-state index contributed by atoms with van der Waals surface area (Å²) in [5.74, 6) is 1.36. The summed E-state index contributed by atoms with van der Waals surface area (Å²) in [6, 6.07) is 9.40. The zero-order valence-corrected chi connectivity index (χ0v) is 12.3. The number of alkyl halides is 2. The molecule has 1 heterocycles. The summed E-state index contributed by atoms with van der Waals surface area (Å²) in [7, 11) is 0. The molecule has 0 spiro atoms. The van der Waals surface area contributed by atoms with E-state index in [2.05, 4.69) is 10.1 Å². The number of ether oxygens (including phenoxy) is 1. The van der Waals surface area contributed by atoms with Crippen molar-refractivity contribution in [2.24, 2.45) is 0 Å². The first-order valence-electron chi connectivity index (χ1n) is 6.83. The largest absolute Gasteiger partial charge is 0.464 e. The molecule has 1 aromatic carbocycles. The smallest absolute Gasteiger partial charge is 0.387 e. The Morgan fingerprint density at radius 2 is 1.91 bits per heavy atom. The van der Waals surface area contributed by atoms with Gasteiger partial charge in [-0.15, -0.1) is 0 Å². The Morgan fingerprint density at radius 3 is 2.45 bits per heavy atom. The van der Waals surface area contributed by atoms with Crippen molar-refractivity contribution in [2.45, 2.75) is 32.9 Å². The van der Waals surface area contributed by atoms with Gasteiger partial charge in [0.1, 0.15) is 17.3 Å². The summed E-state index contributed by atoms with van der Waals surface area (Å²) in [6.45, 7) is 0.809. The van der Waals surface area contributed by atoms with E-state index in [4.69, 9.17) is 4.42 Å². The van der Waals surface area contributed by atoms with E-state index in [1.807, 2.05) is 26.0 Å². The summed E-state index contributed by atoms with van der Waals surface area (Å²) in [4.78, 5) is 12.0. The number of aryl methyl sites for hydroxylation is 1. The van der Waals surface area contributed by atoms with E-state index in [0.29, 0.717) is 11.3 Å². The fourth-order valence-corrected chi connectivity index (χ4v) is 2.02. The standard InChI is InChI=1S/C16H17F2NO3/c1-10-3-8-14(21-10)11(2)19-15(20)9-12-4-6-13(7-5-12)22-16(17)18/h3-8,11,16H,9H2,1-2H3,(H,19,20). The van der Waals surface area contributed by atoms with Crippen molar-refractivity contribution in [3.63, 3.8) is 0 Å². The molecule has 0 fully saturated rings. The average molecular weight is 309 g/mol. The van der Waals surface area contributed by atoms with Crippen LogP contribution in [0.1, 0.15) is 30.0 Å². The van der Waals surface area contributed by atoms with Gasteiger partial charge in [0, 0.05) is 0 Å². The molecule has 0 bridgehead atoms. The van der Waals surface area contributed by atoms with Crippen LogP contribution < -0.4 is 10.1 Å². The van der Waals surface area contributed by atoms with E-state index in [9.17, 15) is 13.6 Å². The highest BCUT2D eigenvalue weighted by Crippen LogP contribution is 2.17. The maximum absolute atomic E-state index is 12.0. The number of amides is 1. The minimum absolute atomic E-state index is 0.0681. The van der Waals surface area contributed by atoms with Crippen molar-refractivity contribution in [1.82, 2.24) is 5.32 Å². The van der Waals surface area contributed by atoms with Gasteiger partial charge in [-0.2, -0.15) is 8.78 Å². The molecule has 1 atom stereocenters. The Kier molecular flexibility index (Phi) is 5.14. The molecule has 4 nitrogen and oxygen atoms in total. The van der Waals surface area contributed by atoms with E-state index < -0.39 is 6.61 Å². The molecule has 0 aliphatic rings. The first-order chi connectivity index (χ1) is 10.4. The first-order valence-corrected chi connectivity index (χ1v) is 6.83. The molecule has 0 saturated heterocycles. The van der Waals surface area contributed by atoms with Gasteiger partial charge in [-0.25, -0.2) is 0 Å². The summed E-state index contributed by atoms with van der Waals surface area (Å²) in [5.41, 5.74) is 0.710. The van der Waals surface area contributed by atoms with Gasteiger partial charge in [-0.3, -0.25) is 4.79 Å². The van der Waals surface area contributed by atoms with E-state index in [1.54, 1.807) is 12.1 Å². The van der Waals surface area contributed by atoms with Crippen LogP contribution in [-0.4, -0.2) is 12.5 Å². The van der Waals surface area contributed by atoms with Crippen LogP contribution >= 0.6 is 0 Å². The second kappa shape index (κ2) is 7.06. The number of halogens is 2. The molecule has 0 aliphatic carbocycles. The minimum atomic E-state index is -2.85. The van der Waals surface area contributed by atoms with Crippen LogP contribution in [0.2, 0.25) is 0 Å². The quantitative estimate of drug-likeness (QED) is 0.887. The molecular formula is C16H17F2NO3. The van der Waals surface area contributed by atoms with Gasteiger partial charge in [0.25, 0.3) is 0 Å². The molecule has 0 radical (unpaired) electrons. The lowest BCUT2D eigenvalue weighted by Gasteiger charge is -2.12.